The molecule has 4 rings (SSSR count). The minimum absolute atomic E-state index is 0.0829. The fourth-order valence-corrected chi connectivity index (χ4v) is 6.61. The van der Waals surface area contributed by atoms with Crippen LogP contribution in [0.3, 0.4) is 0 Å². The van der Waals surface area contributed by atoms with E-state index in [1.54, 1.807) is 6.92 Å². The fraction of sp³-hybridized carbons (Fsp3) is 0.259. The second kappa shape index (κ2) is 11.3. The number of ether oxygens (including phenoxy) is 2. The number of β-lactam (4-membered cyclic amide) rings is 1. The molecule has 3 atom stereocenters. The molecule has 188 valence electrons. The summed E-state index contributed by atoms with van der Waals surface area (Å²) in [5, 5.41) is 2.38. The summed E-state index contributed by atoms with van der Waals surface area (Å²) in [5.74, 6) is -1.31. The molecule has 1 aliphatic rings. The van der Waals surface area contributed by atoms with Crippen molar-refractivity contribution in [1.29, 1.82) is 0 Å². The van der Waals surface area contributed by atoms with E-state index in [-0.39, 0.29) is 12.5 Å². The minimum Gasteiger partial charge on any atom is -0.435 e. The lowest BCUT2D eigenvalue weighted by Gasteiger charge is -2.47. The average molecular weight is 565 g/mol. The van der Waals surface area contributed by atoms with E-state index >= 15 is 0 Å². The molecule has 3 aromatic rings. The van der Waals surface area contributed by atoms with Gasteiger partial charge in [0.2, 0.25) is 9.70 Å². The van der Waals surface area contributed by atoms with E-state index in [2.05, 4.69) is 5.32 Å². The van der Waals surface area contributed by atoms with Gasteiger partial charge in [-0.3, -0.25) is 4.79 Å². The SMILES string of the molecule is CCOC(=O)O[C@H]([C@@H]1C(=O)N[C@@H]1SC(c1ccccc1)(c1ccccc1)c1ccccc1)C(Cl)(Cl)Cl. The summed E-state index contributed by atoms with van der Waals surface area (Å²) in [6, 6.07) is 30.0. The molecule has 1 heterocycles. The number of carbonyl (C=O) groups is 2. The van der Waals surface area contributed by atoms with Gasteiger partial charge in [-0.2, -0.15) is 0 Å². The molecule has 1 fully saturated rings. The Morgan fingerprint density at radius 1 is 0.889 bits per heavy atom. The molecule has 1 saturated heterocycles. The lowest BCUT2D eigenvalue weighted by molar-refractivity contribution is -0.138. The van der Waals surface area contributed by atoms with Crippen LogP contribution in [-0.2, 0) is 19.0 Å². The summed E-state index contributed by atoms with van der Waals surface area (Å²) in [5.41, 5.74) is 3.01. The Balaban J connectivity index is 1.81. The molecule has 0 unspecified atom stereocenters. The summed E-state index contributed by atoms with van der Waals surface area (Å²) < 4.78 is 7.46. The standard InChI is InChI=1S/C27H24Cl3NO4S/c1-2-34-25(33)35-22(27(28,29)30)21-23(32)31-24(21)36-26(18-12-6-3-7-13-18,19-14-8-4-9-15-19)20-16-10-5-11-17-20/h3-17,21-22,24H,2H2,1H3,(H,31,32)/t21-,22-,24-/m1/s1. The van der Waals surface area contributed by atoms with Crippen molar-refractivity contribution in [2.75, 3.05) is 6.61 Å². The van der Waals surface area contributed by atoms with Gasteiger partial charge < -0.3 is 14.8 Å². The van der Waals surface area contributed by atoms with Crippen molar-refractivity contribution in [1.82, 2.24) is 5.32 Å². The second-order valence-corrected chi connectivity index (χ2v) is 11.8. The van der Waals surface area contributed by atoms with Crippen LogP contribution in [0, 0.1) is 5.92 Å². The molecular formula is C27H24Cl3NO4S. The van der Waals surface area contributed by atoms with Gasteiger partial charge in [-0.1, -0.05) is 126 Å². The number of alkyl halides is 3. The Hall–Kier alpha value is -2.38. The lowest BCUT2D eigenvalue weighted by atomic mass is 9.84. The predicted octanol–water partition coefficient (Wildman–Crippen LogP) is 6.70. The van der Waals surface area contributed by atoms with Crippen molar-refractivity contribution in [2.45, 2.75) is 26.9 Å². The van der Waals surface area contributed by atoms with Crippen molar-refractivity contribution < 1.29 is 19.1 Å². The third kappa shape index (κ3) is 5.47. The largest absolute Gasteiger partial charge is 0.508 e. The number of thioether (sulfide) groups is 1. The van der Waals surface area contributed by atoms with Gasteiger partial charge in [0.1, 0.15) is 5.92 Å². The maximum atomic E-state index is 12.8. The molecule has 1 N–H and O–H groups in total. The van der Waals surface area contributed by atoms with Crippen LogP contribution in [-0.4, -0.2) is 33.9 Å². The molecule has 9 heteroatoms. The summed E-state index contributed by atoms with van der Waals surface area (Å²) in [6.07, 6.45) is -2.36. The molecule has 1 amide bonds. The van der Waals surface area contributed by atoms with Crippen molar-refractivity contribution in [3.05, 3.63) is 108 Å². The third-order valence-electron chi connectivity index (χ3n) is 5.89. The van der Waals surface area contributed by atoms with E-state index in [0.717, 1.165) is 16.7 Å². The van der Waals surface area contributed by atoms with Crippen molar-refractivity contribution in [3.8, 4) is 0 Å². The third-order valence-corrected chi connectivity index (χ3v) is 8.26. The number of nitrogens with one attached hydrogen (secondary N) is 1. The first-order valence-corrected chi connectivity index (χ1v) is 13.3. The molecule has 0 radical (unpaired) electrons. The zero-order chi connectivity index (χ0) is 25.8. The number of rotatable bonds is 8. The van der Waals surface area contributed by atoms with Gasteiger partial charge in [0.15, 0.2) is 6.10 Å². The number of hydrogen-bond acceptors (Lipinski definition) is 5. The van der Waals surface area contributed by atoms with Crippen LogP contribution in [0.25, 0.3) is 0 Å². The summed E-state index contributed by atoms with van der Waals surface area (Å²) in [4.78, 5) is 25.0. The monoisotopic (exact) mass is 563 g/mol. The summed E-state index contributed by atoms with van der Waals surface area (Å²) in [7, 11) is 0. The van der Waals surface area contributed by atoms with E-state index in [1.807, 2.05) is 91.0 Å². The maximum Gasteiger partial charge on any atom is 0.508 e. The molecule has 0 bridgehead atoms. The molecule has 0 aromatic heterocycles. The van der Waals surface area contributed by atoms with Gasteiger partial charge in [-0.05, 0) is 23.6 Å². The normalized spacial score (nSPS) is 18.5. The number of carbonyl (C=O) groups excluding carboxylic acids is 2. The van der Waals surface area contributed by atoms with Crippen LogP contribution in [0.15, 0.2) is 91.0 Å². The minimum atomic E-state index is -2.05. The summed E-state index contributed by atoms with van der Waals surface area (Å²) >= 11 is 20.1. The first-order chi connectivity index (χ1) is 17.3. The predicted molar refractivity (Wildman–Crippen MR) is 144 cm³/mol. The highest BCUT2D eigenvalue weighted by molar-refractivity contribution is 8.01. The first-order valence-electron chi connectivity index (χ1n) is 11.3. The quantitative estimate of drug-likeness (QED) is 0.143. The fourth-order valence-electron chi connectivity index (χ4n) is 4.28. The van der Waals surface area contributed by atoms with Crippen LogP contribution in [0.2, 0.25) is 0 Å². The zero-order valence-corrected chi connectivity index (χ0v) is 22.4. The van der Waals surface area contributed by atoms with Crippen LogP contribution < -0.4 is 5.32 Å². The Kier molecular flexibility index (Phi) is 8.41. The van der Waals surface area contributed by atoms with E-state index in [9.17, 15) is 9.59 Å². The molecule has 0 spiro atoms. The number of amides is 1. The molecule has 0 aliphatic carbocycles. The molecule has 36 heavy (non-hydrogen) atoms. The molecule has 0 saturated carbocycles. The van der Waals surface area contributed by atoms with Gasteiger partial charge in [-0.15, -0.1) is 11.8 Å². The van der Waals surface area contributed by atoms with Gasteiger partial charge >= 0.3 is 6.16 Å². The van der Waals surface area contributed by atoms with Crippen LogP contribution >= 0.6 is 46.6 Å². The lowest BCUT2D eigenvalue weighted by Crippen LogP contribution is -2.64. The van der Waals surface area contributed by atoms with Gasteiger partial charge in [0, 0.05) is 0 Å². The van der Waals surface area contributed by atoms with E-state index in [0.29, 0.717) is 0 Å². The van der Waals surface area contributed by atoms with Crippen LogP contribution in [0.5, 0.6) is 0 Å². The van der Waals surface area contributed by atoms with Crippen LogP contribution in [0.4, 0.5) is 4.79 Å². The first kappa shape index (κ1) is 26.7. The van der Waals surface area contributed by atoms with Crippen molar-refractivity contribution in [3.63, 3.8) is 0 Å². The smallest absolute Gasteiger partial charge is 0.435 e. The Labute approximate surface area is 229 Å². The average Bonchev–Trinajstić information content (AvgIpc) is 2.87. The van der Waals surface area contributed by atoms with Crippen molar-refractivity contribution in [2.24, 2.45) is 5.92 Å². The number of halogens is 3. The Bertz CT molecular complexity index is 1080. The molecule has 5 nitrogen and oxygen atoms in total. The zero-order valence-electron chi connectivity index (χ0n) is 19.3. The highest BCUT2D eigenvalue weighted by Crippen LogP contribution is 2.54. The van der Waals surface area contributed by atoms with Crippen molar-refractivity contribution >= 4 is 58.6 Å². The van der Waals surface area contributed by atoms with Gasteiger partial charge in [-0.25, -0.2) is 4.79 Å². The van der Waals surface area contributed by atoms with E-state index in [4.69, 9.17) is 44.3 Å². The molecular weight excluding hydrogens is 541 g/mol. The summed E-state index contributed by atoms with van der Waals surface area (Å²) in [6.45, 7) is 1.72. The number of hydrogen-bond donors (Lipinski definition) is 1. The van der Waals surface area contributed by atoms with Gasteiger partial charge in [0.05, 0.1) is 16.7 Å². The Morgan fingerprint density at radius 2 is 1.33 bits per heavy atom. The Morgan fingerprint density at radius 3 is 1.69 bits per heavy atom. The maximum absolute atomic E-state index is 12.8. The highest BCUT2D eigenvalue weighted by atomic mass is 35.6. The molecule has 3 aromatic carbocycles. The van der Waals surface area contributed by atoms with Crippen LogP contribution in [0.1, 0.15) is 23.6 Å². The second-order valence-electron chi connectivity index (χ2n) is 8.12. The molecule has 1 aliphatic heterocycles. The number of benzene rings is 3. The van der Waals surface area contributed by atoms with Gasteiger partial charge in [0.25, 0.3) is 0 Å². The van der Waals surface area contributed by atoms with E-state index < -0.39 is 32.1 Å². The highest BCUT2D eigenvalue weighted by Gasteiger charge is 2.57. The topological polar surface area (TPSA) is 64.6 Å². The van der Waals surface area contributed by atoms with E-state index in [1.165, 1.54) is 11.8 Å².